The molecule has 0 atom stereocenters. The Morgan fingerprint density at radius 3 is 2.61 bits per heavy atom. The highest BCUT2D eigenvalue weighted by Crippen LogP contribution is 2.09. The van der Waals surface area contributed by atoms with Crippen LogP contribution in [-0.2, 0) is 4.79 Å². The van der Waals surface area contributed by atoms with Crippen LogP contribution >= 0.6 is 11.5 Å². The molecule has 0 aliphatic carbocycles. The van der Waals surface area contributed by atoms with Crippen LogP contribution < -0.4 is 16.9 Å². The number of hydrogen-bond donors (Lipinski definition) is 3. The fraction of sp³-hybridized carbons (Fsp3) is 0. The van der Waals surface area contributed by atoms with Gasteiger partial charge in [0.1, 0.15) is 0 Å². The molecule has 0 radical (unpaired) electrons. The number of amides is 1. The van der Waals surface area contributed by atoms with Crippen molar-refractivity contribution in [3.05, 3.63) is 35.3 Å². The van der Waals surface area contributed by atoms with Gasteiger partial charge in [0.25, 0.3) is 5.91 Å². The Kier molecular flexibility index (Phi) is 3.49. The van der Waals surface area contributed by atoms with E-state index in [4.69, 9.17) is 11.5 Å². The predicted octanol–water partition coefficient (Wildman–Crippen LogP) is 0.422. The zero-order valence-corrected chi connectivity index (χ0v) is 10.0. The number of anilines is 2. The first-order valence-electron chi connectivity index (χ1n) is 4.95. The van der Waals surface area contributed by atoms with Gasteiger partial charge in [0.2, 0.25) is 5.95 Å². The summed E-state index contributed by atoms with van der Waals surface area (Å²) in [6, 6.07) is 9.15. The first-order valence-corrected chi connectivity index (χ1v) is 5.72. The number of nitrogen functional groups attached to an aromatic ring is 1. The monoisotopic (exact) mass is 262 g/mol. The quantitative estimate of drug-likeness (QED) is 0.545. The molecule has 5 N–H and O–H groups in total. The fourth-order valence-electron chi connectivity index (χ4n) is 1.17. The number of aromatic nitrogens is 2. The standard InChI is InChI=1S/C10H10N6OS/c11-8(17)7(9-13-10(12)16-18-9)15-14-6-4-2-1-3-5-6/h1-5,14H,(H2,11,17)(H2,12,16)/b15-7-. The third-order valence-electron chi connectivity index (χ3n) is 1.95. The summed E-state index contributed by atoms with van der Waals surface area (Å²) in [6.45, 7) is 0. The number of benzene rings is 1. The summed E-state index contributed by atoms with van der Waals surface area (Å²) in [4.78, 5) is 15.1. The van der Waals surface area contributed by atoms with Crippen molar-refractivity contribution in [3.8, 4) is 0 Å². The molecule has 0 bridgehead atoms. The minimum Gasteiger partial charge on any atom is -0.367 e. The van der Waals surface area contributed by atoms with Crippen molar-refractivity contribution >= 4 is 34.8 Å². The topological polar surface area (TPSA) is 119 Å². The van der Waals surface area contributed by atoms with Gasteiger partial charge in [-0.15, -0.1) is 0 Å². The van der Waals surface area contributed by atoms with Crippen molar-refractivity contribution in [2.24, 2.45) is 10.8 Å². The first-order chi connectivity index (χ1) is 8.66. The van der Waals surface area contributed by atoms with Crippen molar-refractivity contribution in [1.82, 2.24) is 9.36 Å². The molecule has 1 heterocycles. The third kappa shape index (κ3) is 2.80. The molecule has 0 unspecified atom stereocenters. The van der Waals surface area contributed by atoms with Crippen molar-refractivity contribution in [3.63, 3.8) is 0 Å². The Hall–Kier alpha value is -2.48. The van der Waals surface area contributed by atoms with Gasteiger partial charge < -0.3 is 11.5 Å². The molecule has 1 amide bonds. The number of nitrogens with two attached hydrogens (primary N) is 2. The van der Waals surface area contributed by atoms with Gasteiger partial charge in [-0.25, -0.2) is 0 Å². The van der Waals surface area contributed by atoms with Gasteiger partial charge in [-0.05, 0) is 23.7 Å². The number of nitrogens with one attached hydrogen (secondary N) is 1. The molecule has 18 heavy (non-hydrogen) atoms. The van der Waals surface area contributed by atoms with E-state index < -0.39 is 5.91 Å². The first kappa shape index (κ1) is 12.0. The van der Waals surface area contributed by atoms with Gasteiger partial charge in [-0.3, -0.25) is 10.2 Å². The molecule has 0 saturated carbocycles. The van der Waals surface area contributed by atoms with Crippen LogP contribution in [0.5, 0.6) is 0 Å². The lowest BCUT2D eigenvalue weighted by atomic mass is 10.3. The fourth-order valence-corrected chi connectivity index (χ4v) is 1.76. The van der Waals surface area contributed by atoms with E-state index in [0.717, 1.165) is 17.2 Å². The maximum absolute atomic E-state index is 11.3. The lowest BCUT2D eigenvalue weighted by Crippen LogP contribution is -2.25. The summed E-state index contributed by atoms with van der Waals surface area (Å²) >= 11 is 0.963. The minimum absolute atomic E-state index is 0.00643. The Bertz CT molecular complexity index is 579. The minimum atomic E-state index is -0.699. The predicted molar refractivity (Wildman–Crippen MR) is 70.1 cm³/mol. The molecule has 1 aromatic heterocycles. The zero-order valence-electron chi connectivity index (χ0n) is 9.20. The van der Waals surface area contributed by atoms with Crippen LogP contribution in [-0.4, -0.2) is 21.0 Å². The molecule has 0 aliphatic rings. The van der Waals surface area contributed by atoms with E-state index in [1.54, 1.807) is 12.1 Å². The smallest absolute Gasteiger partial charge is 0.272 e. The number of hydrazone groups is 1. The van der Waals surface area contributed by atoms with E-state index >= 15 is 0 Å². The van der Waals surface area contributed by atoms with Gasteiger partial charge in [-0.2, -0.15) is 14.5 Å². The highest BCUT2D eigenvalue weighted by Gasteiger charge is 2.15. The zero-order chi connectivity index (χ0) is 13.0. The lowest BCUT2D eigenvalue weighted by Gasteiger charge is -2.01. The van der Waals surface area contributed by atoms with Crippen molar-refractivity contribution in [2.75, 3.05) is 11.2 Å². The normalized spacial score (nSPS) is 11.2. The highest BCUT2D eigenvalue weighted by molar-refractivity contribution is 7.09. The Balaban J connectivity index is 2.23. The Labute approximate surface area is 107 Å². The maximum Gasteiger partial charge on any atom is 0.272 e. The van der Waals surface area contributed by atoms with E-state index in [2.05, 4.69) is 19.9 Å². The summed E-state index contributed by atoms with van der Waals surface area (Å²) in [6.07, 6.45) is 0. The number of rotatable bonds is 4. The van der Waals surface area contributed by atoms with Crippen LogP contribution in [0.15, 0.2) is 35.4 Å². The summed E-state index contributed by atoms with van der Waals surface area (Å²) in [7, 11) is 0. The van der Waals surface area contributed by atoms with E-state index in [0.29, 0.717) is 0 Å². The number of carbonyl (C=O) groups is 1. The maximum atomic E-state index is 11.3. The molecule has 0 saturated heterocycles. The van der Waals surface area contributed by atoms with E-state index in [1.165, 1.54) is 0 Å². The molecule has 7 nitrogen and oxygen atoms in total. The molecule has 8 heteroatoms. The van der Waals surface area contributed by atoms with Crippen LogP contribution in [0.1, 0.15) is 5.01 Å². The number of primary amides is 1. The van der Waals surface area contributed by atoms with E-state index in [-0.39, 0.29) is 16.7 Å². The Morgan fingerprint density at radius 1 is 1.33 bits per heavy atom. The van der Waals surface area contributed by atoms with Gasteiger partial charge in [0.15, 0.2) is 10.7 Å². The van der Waals surface area contributed by atoms with E-state index in [1.807, 2.05) is 18.2 Å². The molecule has 0 fully saturated rings. The number of para-hydroxylation sites is 1. The highest BCUT2D eigenvalue weighted by atomic mass is 32.1. The SMILES string of the molecule is NC(=O)/C(=N/Nc1ccccc1)c1nc(N)ns1. The van der Waals surface area contributed by atoms with E-state index in [9.17, 15) is 4.79 Å². The molecule has 2 aromatic rings. The summed E-state index contributed by atoms with van der Waals surface area (Å²) in [5.41, 5.74) is 14.1. The van der Waals surface area contributed by atoms with Crippen LogP contribution in [0.3, 0.4) is 0 Å². The second kappa shape index (κ2) is 5.23. The van der Waals surface area contributed by atoms with Crippen LogP contribution in [0.25, 0.3) is 0 Å². The van der Waals surface area contributed by atoms with Crippen LogP contribution in [0.2, 0.25) is 0 Å². The van der Waals surface area contributed by atoms with Gasteiger partial charge in [0.05, 0.1) is 5.69 Å². The number of nitrogens with zero attached hydrogens (tertiary/aromatic N) is 3. The summed E-state index contributed by atoms with van der Waals surface area (Å²) in [5.74, 6) is -0.613. The van der Waals surface area contributed by atoms with Gasteiger partial charge >= 0.3 is 0 Å². The lowest BCUT2D eigenvalue weighted by molar-refractivity contribution is -0.111. The molecule has 1 aromatic carbocycles. The molecular weight excluding hydrogens is 252 g/mol. The number of hydrogen-bond acceptors (Lipinski definition) is 7. The molecular formula is C10H10N6OS. The molecule has 0 spiro atoms. The van der Waals surface area contributed by atoms with Crippen molar-refractivity contribution < 1.29 is 4.79 Å². The van der Waals surface area contributed by atoms with Gasteiger partial charge in [0, 0.05) is 0 Å². The summed E-state index contributed by atoms with van der Waals surface area (Å²) < 4.78 is 3.77. The van der Waals surface area contributed by atoms with Crippen LogP contribution in [0.4, 0.5) is 11.6 Å². The average molecular weight is 262 g/mol. The molecule has 2 rings (SSSR count). The van der Waals surface area contributed by atoms with Crippen LogP contribution in [0, 0.1) is 0 Å². The van der Waals surface area contributed by atoms with Crippen molar-refractivity contribution in [1.29, 1.82) is 0 Å². The average Bonchev–Trinajstić information content (AvgIpc) is 2.77. The van der Waals surface area contributed by atoms with Gasteiger partial charge in [-0.1, -0.05) is 18.2 Å². The Morgan fingerprint density at radius 2 is 2.06 bits per heavy atom. The summed E-state index contributed by atoms with van der Waals surface area (Å²) in [5, 5.41) is 4.20. The largest absolute Gasteiger partial charge is 0.367 e. The molecule has 92 valence electrons. The number of carbonyl (C=O) groups excluding carboxylic acids is 1. The second-order valence-electron chi connectivity index (χ2n) is 3.26. The van der Waals surface area contributed by atoms with Crippen molar-refractivity contribution in [2.45, 2.75) is 0 Å². The third-order valence-corrected chi connectivity index (χ3v) is 2.68. The molecule has 0 aliphatic heterocycles. The second-order valence-corrected chi connectivity index (χ2v) is 4.01.